The van der Waals surface area contributed by atoms with Gasteiger partial charge < -0.3 is 15.0 Å². The number of nitrogens with one attached hydrogen (secondary N) is 1. The van der Waals surface area contributed by atoms with Crippen molar-refractivity contribution in [3.63, 3.8) is 0 Å². The first-order valence-electron chi connectivity index (χ1n) is 11.5. The van der Waals surface area contributed by atoms with Crippen molar-refractivity contribution in [2.45, 2.75) is 19.9 Å². The molecule has 7 nitrogen and oxygen atoms in total. The van der Waals surface area contributed by atoms with Gasteiger partial charge in [-0.05, 0) is 47.9 Å². The molecule has 1 fully saturated rings. The van der Waals surface area contributed by atoms with E-state index in [0.29, 0.717) is 0 Å². The predicted molar refractivity (Wildman–Crippen MR) is 132 cm³/mol. The van der Waals surface area contributed by atoms with Crippen LogP contribution in [0.3, 0.4) is 0 Å². The van der Waals surface area contributed by atoms with Crippen LogP contribution in [-0.4, -0.2) is 46.9 Å². The molecule has 4 aromatic rings. The average Bonchev–Trinajstić information content (AvgIpc) is 3.54. The third kappa shape index (κ3) is 3.64. The summed E-state index contributed by atoms with van der Waals surface area (Å²) in [5.41, 5.74) is 8.70. The highest BCUT2D eigenvalue weighted by molar-refractivity contribution is 5.86. The van der Waals surface area contributed by atoms with E-state index >= 15 is 0 Å². The molecule has 2 aliphatic rings. The van der Waals surface area contributed by atoms with Gasteiger partial charge in [0, 0.05) is 48.6 Å². The first-order valence-corrected chi connectivity index (χ1v) is 11.5. The van der Waals surface area contributed by atoms with Crippen LogP contribution in [0, 0.1) is 0 Å². The van der Waals surface area contributed by atoms with Crippen LogP contribution >= 0.6 is 0 Å². The van der Waals surface area contributed by atoms with Crippen LogP contribution in [0.25, 0.3) is 16.9 Å². The number of morpholine rings is 1. The summed E-state index contributed by atoms with van der Waals surface area (Å²) < 4.78 is 7.62. The van der Waals surface area contributed by atoms with E-state index in [1.165, 1.54) is 16.8 Å². The number of fused-ring (bicyclic) bond motifs is 2. The maximum Gasteiger partial charge on any atom is 0.180 e. The van der Waals surface area contributed by atoms with Crippen LogP contribution in [0.1, 0.15) is 23.7 Å². The second-order valence-electron chi connectivity index (χ2n) is 8.38. The Balaban J connectivity index is 1.37. The van der Waals surface area contributed by atoms with Crippen molar-refractivity contribution in [2.24, 2.45) is 4.99 Å². The number of aliphatic imine (C=N–C) groups is 1. The Morgan fingerprint density at radius 3 is 2.73 bits per heavy atom. The third-order valence-electron chi connectivity index (χ3n) is 6.39. The second kappa shape index (κ2) is 8.33. The van der Waals surface area contributed by atoms with Crippen molar-refractivity contribution in [2.75, 3.05) is 36.5 Å². The molecule has 0 spiro atoms. The van der Waals surface area contributed by atoms with Crippen LogP contribution < -0.4 is 10.2 Å². The minimum absolute atomic E-state index is 0.735. The predicted octanol–water partition coefficient (Wildman–Crippen LogP) is 4.47. The summed E-state index contributed by atoms with van der Waals surface area (Å²) in [7, 11) is 0. The molecule has 2 aromatic heterocycles. The van der Waals surface area contributed by atoms with Gasteiger partial charge in [-0.3, -0.25) is 9.39 Å². The second-order valence-corrected chi connectivity index (χ2v) is 8.38. The SMILES string of the molecule is CCc1c(-c2ccc3c(c2)CN=C3)nc(Nc2ccc(N3CCOCC3)cc2)c2nccn12. The Kier molecular flexibility index (Phi) is 5.03. The van der Waals surface area contributed by atoms with Gasteiger partial charge in [-0.25, -0.2) is 9.97 Å². The zero-order valence-electron chi connectivity index (χ0n) is 18.7. The highest BCUT2D eigenvalue weighted by atomic mass is 16.5. The van der Waals surface area contributed by atoms with E-state index in [-0.39, 0.29) is 0 Å². The van der Waals surface area contributed by atoms with E-state index in [0.717, 1.165) is 73.4 Å². The molecular formula is C26H26N6O. The quantitative estimate of drug-likeness (QED) is 0.498. The van der Waals surface area contributed by atoms with Gasteiger partial charge >= 0.3 is 0 Å². The number of ether oxygens (including phenoxy) is 1. The van der Waals surface area contributed by atoms with Crippen molar-refractivity contribution in [1.29, 1.82) is 0 Å². The zero-order valence-corrected chi connectivity index (χ0v) is 18.7. The minimum Gasteiger partial charge on any atom is -0.378 e. The molecule has 0 radical (unpaired) electrons. The number of aryl methyl sites for hydroxylation is 1. The van der Waals surface area contributed by atoms with Gasteiger partial charge in [-0.15, -0.1) is 0 Å². The first kappa shape index (κ1) is 19.9. The maximum absolute atomic E-state index is 5.47. The summed E-state index contributed by atoms with van der Waals surface area (Å²) in [5, 5.41) is 3.51. The molecule has 166 valence electrons. The van der Waals surface area contributed by atoms with Crippen LogP contribution in [0.4, 0.5) is 17.2 Å². The van der Waals surface area contributed by atoms with E-state index < -0.39 is 0 Å². The van der Waals surface area contributed by atoms with Gasteiger partial charge in [-0.1, -0.05) is 19.1 Å². The number of aromatic nitrogens is 3. The lowest BCUT2D eigenvalue weighted by Gasteiger charge is -2.28. The van der Waals surface area contributed by atoms with Crippen LogP contribution in [-0.2, 0) is 17.7 Å². The van der Waals surface area contributed by atoms with Gasteiger partial charge in [0.25, 0.3) is 0 Å². The van der Waals surface area contributed by atoms with Gasteiger partial charge in [0.2, 0.25) is 0 Å². The van der Waals surface area contributed by atoms with E-state index in [2.05, 4.69) is 74.0 Å². The van der Waals surface area contributed by atoms with Crippen molar-refractivity contribution in [1.82, 2.24) is 14.4 Å². The Morgan fingerprint density at radius 2 is 1.91 bits per heavy atom. The number of hydrogen-bond donors (Lipinski definition) is 1. The largest absolute Gasteiger partial charge is 0.378 e. The number of anilines is 3. The van der Waals surface area contributed by atoms with Crippen LogP contribution in [0.15, 0.2) is 59.9 Å². The average molecular weight is 439 g/mol. The van der Waals surface area contributed by atoms with Crippen molar-refractivity contribution >= 4 is 29.1 Å². The fourth-order valence-corrected chi connectivity index (χ4v) is 4.66. The highest BCUT2D eigenvalue weighted by Crippen LogP contribution is 2.31. The summed E-state index contributed by atoms with van der Waals surface area (Å²) in [4.78, 5) is 16.4. The molecule has 33 heavy (non-hydrogen) atoms. The summed E-state index contributed by atoms with van der Waals surface area (Å²) in [5.74, 6) is 0.753. The Bertz CT molecular complexity index is 1340. The molecule has 0 bridgehead atoms. The summed E-state index contributed by atoms with van der Waals surface area (Å²) >= 11 is 0. The molecule has 1 N–H and O–H groups in total. The molecular weight excluding hydrogens is 412 g/mol. The first-order chi connectivity index (χ1) is 16.3. The lowest BCUT2D eigenvalue weighted by Crippen LogP contribution is -2.36. The molecule has 2 aliphatic heterocycles. The molecule has 7 heteroatoms. The monoisotopic (exact) mass is 438 g/mol. The summed E-state index contributed by atoms with van der Waals surface area (Å²) in [6.45, 7) is 6.31. The van der Waals surface area contributed by atoms with Crippen LogP contribution in [0.5, 0.6) is 0 Å². The highest BCUT2D eigenvalue weighted by Gasteiger charge is 2.18. The number of nitrogens with zero attached hydrogens (tertiary/aromatic N) is 5. The van der Waals surface area contributed by atoms with E-state index in [1.54, 1.807) is 0 Å². The van der Waals surface area contributed by atoms with E-state index in [9.17, 15) is 0 Å². The number of rotatable bonds is 5. The molecule has 0 aliphatic carbocycles. The molecule has 6 rings (SSSR count). The number of hydrogen-bond acceptors (Lipinski definition) is 6. The lowest BCUT2D eigenvalue weighted by atomic mass is 10.0. The number of benzene rings is 2. The van der Waals surface area contributed by atoms with Gasteiger partial charge in [0.05, 0.1) is 31.1 Å². The number of imidazole rings is 1. The summed E-state index contributed by atoms with van der Waals surface area (Å²) in [6, 6.07) is 15.0. The fraction of sp³-hybridized carbons (Fsp3) is 0.269. The molecule has 0 amide bonds. The molecule has 0 atom stereocenters. The van der Waals surface area contributed by atoms with Crippen molar-refractivity contribution < 1.29 is 4.74 Å². The van der Waals surface area contributed by atoms with Crippen molar-refractivity contribution in [3.8, 4) is 11.3 Å². The van der Waals surface area contributed by atoms with Gasteiger partial charge in [-0.2, -0.15) is 0 Å². The van der Waals surface area contributed by atoms with Crippen LogP contribution in [0.2, 0.25) is 0 Å². The normalized spacial score (nSPS) is 15.2. The summed E-state index contributed by atoms with van der Waals surface area (Å²) in [6.07, 6.45) is 6.66. The minimum atomic E-state index is 0.735. The topological polar surface area (TPSA) is 67.0 Å². The fourth-order valence-electron chi connectivity index (χ4n) is 4.66. The zero-order chi connectivity index (χ0) is 22.2. The van der Waals surface area contributed by atoms with E-state index in [4.69, 9.17) is 9.72 Å². The third-order valence-corrected chi connectivity index (χ3v) is 6.39. The Morgan fingerprint density at radius 1 is 1.06 bits per heavy atom. The maximum atomic E-state index is 5.47. The molecule has 2 aromatic carbocycles. The smallest absolute Gasteiger partial charge is 0.180 e. The van der Waals surface area contributed by atoms with Gasteiger partial charge in [0.1, 0.15) is 0 Å². The van der Waals surface area contributed by atoms with Crippen molar-refractivity contribution in [3.05, 3.63) is 71.7 Å². The van der Waals surface area contributed by atoms with Gasteiger partial charge in [0.15, 0.2) is 11.5 Å². The van der Waals surface area contributed by atoms with E-state index in [1.807, 2.05) is 18.6 Å². The lowest BCUT2D eigenvalue weighted by molar-refractivity contribution is 0.122. The molecule has 0 saturated carbocycles. The molecule has 0 unspecified atom stereocenters. The Labute approximate surface area is 192 Å². The molecule has 1 saturated heterocycles. The molecule has 4 heterocycles. The standard InChI is InChI=1S/C26H26N6O/c1-2-23-24(18-3-4-19-16-27-17-20(19)15-18)30-25(26-28-9-10-32(23)26)29-21-5-7-22(8-6-21)31-11-13-33-14-12-31/h3-10,15-16H,2,11-14,17H2,1H3,(H,29,30). The Hall–Kier alpha value is -3.71.